The molecule has 1 unspecified atom stereocenters. The van der Waals surface area contributed by atoms with E-state index in [0.717, 1.165) is 5.56 Å². The maximum atomic E-state index is 10.4. The van der Waals surface area contributed by atoms with Crippen molar-refractivity contribution in [3.63, 3.8) is 0 Å². The third kappa shape index (κ3) is 1.58. The second-order valence-corrected chi connectivity index (χ2v) is 3.07. The van der Waals surface area contributed by atoms with Gasteiger partial charge in [-0.15, -0.1) is 0 Å². The van der Waals surface area contributed by atoms with E-state index in [1.165, 1.54) is 11.3 Å². The summed E-state index contributed by atoms with van der Waals surface area (Å²) in [6, 6.07) is -0.874. The van der Waals surface area contributed by atoms with E-state index in [9.17, 15) is 4.79 Å². The van der Waals surface area contributed by atoms with E-state index in [1.54, 1.807) is 5.38 Å². The molecule has 0 amide bonds. The van der Waals surface area contributed by atoms with E-state index in [4.69, 9.17) is 10.8 Å². The van der Waals surface area contributed by atoms with E-state index in [0.29, 0.717) is 5.56 Å². The van der Waals surface area contributed by atoms with E-state index < -0.39 is 12.0 Å². The Balaban J connectivity index is 2.92. The second-order valence-electron chi connectivity index (χ2n) is 2.33. The van der Waals surface area contributed by atoms with Crippen LogP contribution in [0.25, 0.3) is 0 Å². The Labute approximate surface area is 68.5 Å². The van der Waals surface area contributed by atoms with Gasteiger partial charge in [0.05, 0.1) is 0 Å². The molecular weight excluding hydrogens is 162 g/mol. The van der Waals surface area contributed by atoms with E-state index in [-0.39, 0.29) is 0 Å². The fourth-order valence-electron chi connectivity index (χ4n) is 0.822. The van der Waals surface area contributed by atoms with Crippen LogP contribution in [0.3, 0.4) is 0 Å². The quantitative estimate of drug-likeness (QED) is 0.701. The third-order valence-corrected chi connectivity index (χ3v) is 2.38. The topological polar surface area (TPSA) is 63.3 Å². The lowest BCUT2D eigenvalue weighted by Crippen LogP contribution is -2.20. The minimum atomic E-state index is -0.980. The number of carboxylic acids is 1. The van der Waals surface area contributed by atoms with Crippen LogP contribution < -0.4 is 5.73 Å². The number of nitrogens with two attached hydrogens (primary N) is 1. The largest absolute Gasteiger partial charge is 0.480 e. The van der Waals surface area contributed by atoms with Gasteiger partial charge in [-0.3, -0.25) is 4.79 Å². The number of carboxylic acid groups (broad SMARTS) is 1. The van der Waals surface area contributed by atoms with Crippen LogP contribution in [-0.2, 0) is 4.79 Å². The molecule has 1 aromatic rings. The highest BCUT2D eigenvalue weighted by Crippen LogP contribution is 2.19. The number of carbonyl (C=O) groups is 1. The molecule has 0 radical (unpaired) electrons. The normalized spacial score (nSPS) is 12.9. The first-order chi connectivity index (χ1) is 5.13. The molecule has 4 heteroatoms. The van der Waals surface area contributed by atoms with Crippen molar-refractivity contribution in [1.82, 2.24) is 0 Å². The zero-order valence-corrected chi connectivity index (χ0v) is 6.89. The molecule has 1 atom stereocenters. The Morgan fingerprint density at radius 2 is 2.36 bits per heavy atom. The van der Waals surface area contributed by atoms with Gasteiger partial charge in [-0.25, -0.2) is 0 Å². The van der Waals surface area contributed by atoms with Gasteiger partial charge in [-0.05, 0) is 28.8 Å². The van der Waals surface area contributed by atoms with Gasteiger partial charge in [0.25, 0.3) is 0 Å². The van der Waals surface area contributed by atoms with Gasteiger partial charge in [-0.2, -0.15) is 11.3 Å². The number of hydrogen-bond acceptors (Lipinski definition) is 3. The van der Waals surface area contributed by atoms with Crippen molar-refractivity contribution in [2.75, 3.05) is 0 Å². The second kappa shape index (κ2) is 3.02. The Kier molecular flexibility index (Phi) is 2.26. The molecule has 1 heterocycles. The minimum absolute atomic E-state index is 0.711. The molecule has 0 aromatic carbocycles. The van der Waals surface area contributed by atoms with Crippen molar-refractivity contribution in [2.45, 2.75) is 13.0 Å². The van der Waals surface area contributed by atoms with Gasteiger partial charge in [0.1, 0.15) is 6.04 Å². The minimum Gasteiger partial charge on any atom is -0.480 e. The molecule has 0 aliphatic heterocycles. The van der Waals surface area contributed by atoms with E-state index in [1.807, 2.05) is 12.3 Å². The van der Waals surface area contributed by atoms with Gasteiger partial charge in [0.2, 0.25) is 0 Å². The molecule has 3 N–H and O–H groups in total. The Hall–Kier alpha value is -0.870. The number of rotatable bonds is 2. The lowest BCUT2D eigenvalue weighted by Gasteiger charge is -2.03. The van der Waals surface area contributed by atoms with Crippen LogP contribution in [-0.4, -0.2) is 11.1 Å². The monoisotopic (exact) mass is 171 g/mol. The van der Waals surface area contributed by atoms with Gasteiger partial charge >= 0.3 is 5.97 Å². The third-order valence-electron chi connectivity index (χ3n) is 1.50. The van der Waals surface area contributed by atoms with Crippen molar-refractivity contribution >= 4 is 17.3 Å². The van der Waals surface area contributed by atoms with Crippen LogP contribution in [0.4, 0.5) is 0 Å². The highest BCUT2D eigenvalue weighted by molar-refractivity contribution is 7.08. The fraction of sp³-hybridized carbons (Fsp3) is 0.286. The zero-order chi connectivity index (χ0) is 8.43. The SMILES string of the molecule is Cc1cscc1C(N)C(=O)O. The van der Waals surface area contributed by atoms with Crippen molar-refractivity contribution < 1.29 is 9.90 Å². The molecule has 0 spiro atoms. The maximum Gasteiger partial charge on any atom is 0.325 e. The van der Waals surface area contributed by atoms with E-state index in [2.05, 4.69) is 0 Å². The van der Waals surface area contributed by atoms with Crippen LogP contribution in [0.2, 0.25) is 0 Å². The summed E-state index contributed by atoms with van der Waals surface area (Å²) in [4.78, 5) is 10.4. The summed E-state index contributed by atoms with van der Waals surface area (Å²) in [5.74, 6) is -0.980. The first-order valence-electron chi connectivity index (χ1n) is 3.14. The molecule has 1 rings (SSSR count). The van der Waals surface area contributed by atoms with Crippen LogP contribution in [0.1, 0.15) is 17.2 Å². The van der Waals surface area contributed by atoms with Crippen LogP contribution in [0.15, 0.2) is 10.8 Å². The molecule has 0 aliphatic carbocycles. The molecule has 0 aliphatic rings. The molecule has 11 heavy (non-hydrogen) atoms. The summed E-state index contributed by atoms with van der Waals surface area (Å²) >= 11 is 1.47. The van der Waals surface area contributed by atoms with Crippen molar-refractivity contribution in [3.8, 4) is 0 Å². The molecule has 0 saturated carbocycles. The summed E-state index contributed by atoms with van der Waals surface area (Å²) < 4.78 is 0. The maximum absolute atomic E-state index is 10.4. The molecule has 3 nitrogen and oxygen atoms in total. The van der Waals surface area contributed by atoms with Crippen LogP contribution in [0, 0.1) is 6.92 Å². The summed E-state index contributed by atoms with van der Waals surface area (Å²) in [5, 5.41) is 12.2. The Bertz CT molecular complexity index is 269. The summed E-state index contributed by atoms with van der Waals surface area (Å²) in [6.07, 6.45) is 0. The first kappa shape index (κ1) is 8.23. The first-order valence-corrected chi connectivity index (χ1v) is 4.08. The van der Waals surface area contributed by atoms with Crippen LogP contribution in [0.5, 0.6) is 0 Å². The number of thiophene rings is 1. The van der Waals surface area contributed by atoms with Gasteiger partial charge in [0.15, 0.2) is 0 Å². The van der Waals surface area contributed by atoms with E-state index >= 15 is 0 Å². The average Bonchev–Trinajstić information content (AvgIpc) is 2.33. The lowest BCUT2D eigenvalue weighted by atomic mass is 10.1. The number of aliphatic carboxylic acids is 1. The smallest absolute Gasteiger partial charge is 0.325 e. The lowest BCUT2D eigenvalue weighted by molar-refractivity contribution is -0.138. The predicted molar refractivity (Wildman–Crippen MR) is 43.6 cm³/mol. The average molecular weight is 171 g/mol. The molecule has 0 fully saturated rings. The van der Waals surface area contributed by atoms with Crippen molar-refractivity contribution in [1.29, 1.82) is 0 Å². The molecule has 0 bridgehead atoms. The summed E-state index contributed by atoms with van der Waals surface area (Å²) in [7, 11) is 0. The standard InChI is InChI=1S/C7H9NO2S/c1-4-2-11-3-5(4)6(8)7(9)10/h2-3,6H,8H2,1H3,(H,9,10). The fourth-order valence-corrected chi connectivity index (χ4v) is 1.71. The van der Waals surface area contributed by atoms with Gasteiger partial charge < -0.3 is 10.8 Å². The zero-order valence-electron chi connectivity index (χ0n) is 6.07. The summed E-state index contributed by atoms with van der Waals surface area (Å²) in [5.41, 5.74) is 7.05. The van der Waals surface area contributed by atoms with Crippen LogP contribution >= 0.6 is 11.3 Å². The van der Waals surface area contributed by atoms with Crippen molar-refractivity contribution in [2.24, 2.45) is 5.73 Å². The highest BCUT2D eigenvalue weighted by Gasteiger charge is 2.16. The number of aryl methyl sites for hydroxylation is 1. The van der Waals surface area contributed by atoms with Gasteiger partial charge in [-0.1, -0.05) is 0 Å². The molecular formula is C7H9NO2S. The predicted octanol–water partition coefficient (Wildman–Crippen LogP) is 1.14. The summed E-state index contributed by atoms with van der Waals surface area (Å²) in [6.45, 7) is 1.86. The Morgan fingerprint density at radius 3 is 2.73 bits per heavy atom. The highest BCUT2D eigenvalue weighted by atomic mass is 32.1. The van der Waals surface area contributed by atoms with Gasteiger partial charge in [0, 0.05) is 0 Å². The molecule has 60 valence electrons. The molecule has 1 aromatic heterocycles. The Morgan fingerprint density at radius 1 is 1.73 bits per heavy atom. The van der Waals surface area contributed by atoms with Crippen molar-refractivity contribution in [3.05, 3.63) is 21.9 Å². The molecule has 0 saturated heterocycles. The number of hydrogen-bond donors (Lipinski definition) is 2.